The van der Waals surface area contributed by atoms with Gasteiger partial charge in [0.25, 0.3) is 0 Å². The van der Waals surface area contributed by atoms with E-state index in [-0.39, 0.29) is 22.1 Å². The van der Waals surface area contributed by atoms with Crippen molar-refractivity contribution in [2.75, 3.05) is 26.2 Å². The quantitative estimate of drug-likeness (QED) is 0.317. The van der Waals surface area contributed by atoms with E-state index in [1.807, 2.05) is 24.3 Å². The normalized spacial score (nSPS) is 12.2. The van der Waals surface area contributed by atoms with Gasteiger partial charge in [0, 0.05) is 18.3 Å². The maximum atomic E-state index is 12.7. The van der Waals surface area contributed by atoms with Crippen molar-refractivity contribution in [2.45, 2.75) is 25.2 Å². The number of hydrogen-bond donors (Lipinski definition) is 3. The zero-order chi connectivity index (χ0) is 23.1. The largest absolute Gasteiger partial charge is 0.507 e. The molecule has 0 bridgehead atoms. The third-order valence-electron chi connectivity index (χ3n) is 5.38. The summed E-state index contributed by atoms with van der Waals surface area (Å²) in [5.41, 5.74) is 0.591. The van der Waals surface area contributed by atoms with Gasteiger partial charge in [-0.3, -0.25) is 4.99 Å². The van der Waals surface area contributed by atoms with Crippen LogP contribution >= 0.6 is 0 Å². The molecule has 0 aliphatic heterocycles. The first-order valence-corrected chi connectivity index (χ1v) is 12.1. The van der Waals surface area contributed by atoms with E-state index in [0.717, 1.165) is 30.4 Å². The Kier molecular flexibility index (Phi) is 7.84. The highest BCUT2D eigenvalue weighted by molar-refractivity contribution is 7.89. The molecule has 3 aromatic rings. The number of aromatic hydroxyl groups is 2. The van der Waals surface area contributed by atoms with Crippen molar-refractivity contribution >= 4 is 32.7 Å². The van der Waals surface area contributed by atoms with Crippen molar-refractivity contribution in [2.24, 2.45) is 4.99 Å². The summed E-state index contributed by atoms with van der Waals surface area (Å²) in [6, 6.07) is 14.9. The monoisotopic (exact) mass is 455 g/mol. The molecular weight excluding hydrogens is 426 g/mol. The SMILES string of the molecule is CCN(CC)CCCNS(=O)(=O)c1ccc(O)c(N=Cc2c(O)ccc3ccccc23)c1. The van der Waals surface area contributed by atoms with Gasteiger partial charge in [-0.15, -0.1) is 0 Å². The average Bonchev–Trinajstić information content (AvgIpc) is 2.79. The van der Waals surface area contributed by atoms with Crippen LogP contribution in [-0.4, -0.2) is 55.9 Å². The molecule has 3 aromatic carbocycles. The Morgan fingerprint density at radius 3 is 2.47 bits per heavy atom. The summed E-state index contributed by atoms with van der Waals surface area (Å²) < 4.78 is 28.0. The lowest BCUT2D eigenvalue weighted by molar-refractivity contribution is 0.300. The highest BCUT2D eigenvalue weighted by Gasteiger charge is 2.16. The van der Waals surface area contributed by atoms with Crippen molar-refractivity contribution in [1.82, 2.24) is 9.62 Å². The van der Waals surface area contributed by atoms with E-state index in [9.17, 15) is 18.6 Å². The first-order chi connectivity index (χ1) is 15.4. The zero-order valence-corrected chi connectivity index (χ0v) is 19.1. The second-order valence-electron chi connectivity index (χ2n) is 7.41. The Balaban J connectivity index is 1.80. The second-order valence-corrected chi connectivity index (χ2v) is 9.17. The summed E-state index contributed by atoms with van der Waals surface area (Å²) in [4.78, 5) is 6.52. The smallest absolute Gasteiger partial charge is 0.240 e. The van der Waals surface area contributed by atoms with Crippen LogP contribution in [0.15, 0.2) is 64.5 Å². The van der Waals surface area contributed by atoms with Crippen LogP contribution in [0.3, 0.4) is 0 Å². The fourth-order valence-corrected chi connectivity index (χ4v) is 4.55. The number of benzene rings is 3. The van der Waals surface area contributed by atoms with Gasteiger partial charge in [0.2, 0.25) is 10.0 Å². The Hall–Kier alpha value is -2.94. The molecule has 8 heteroatoms. The van der Waals surface area contributed by atoms with Crippen molar-refractivity contribution < 1.29 is 18.6 Å². The van der Waals surface area contributed by atoms with Crippen molar-refractivity contribution in [3.63, 3.8) is 0 Å². The third-order valence-corrected chi connectivity index (χ3v) is 6.83. The first kappa shape index (κ1) is 23.7. The minimum absolute atomic E-state index is 0.0208. The van der Waals surface area contributed by atoms with Gasteiger partial charge in [-0.25, -0.2) is 13.1 Å². The lowest BCUT2D eigenvalue weighted by atomic mass is 10.0. The molecule has 0 fully saturated rings. The van der Waals surface area contributed by atoms with Gasteiger partial charge in [-0.2, -0.15) is 0 Å². The summed E-state index contributed by atoms with van der Waals surface area (Å²) in [7, 11) is -3.74. The van der Waals surface area contributed by atoms with E-state index < -0.39 is 10.0 Å². The zero-order valence-electron chi connectivity index (χ0n) is 18.3. The fraction of sp³-hybridized carbons (Fsp3) is 0.292. The van der Waals surface area contributed by atoms with E-state index in [1.54, 1.807) is 12.1 Å². The number of sulfonamides is 1. The van der Waals surface area contributed by atoms with Crippen LogP contribution in [0.1, 0.15) is 25.8 Å². The van der Waals surface area contributed by atoms with Gasteiger partial charge in [-0.1, -0.05) is 44.2 Å². The highest BCUT2D eigenvalue weighted by Crippen LogP contribution is 2.31. The van der Waals surface area contributed by atoms with Gasteiger partial charge < -0.3 is 15.1 Å². The molecule has 0 saturated carbocycles. The van der Waals surface area contributed by atoms with E-state index in [4.69, 9.17) is 0 Å². The van der Waals surface area contributed by atoms with Crippen molar-refractivity contribution in [1.29, 1.82) is 0 Å². The van der Waals surface area contributed by atoms with Crippen LogP contribution < -0.4 is 4.72 Å². The van der Waals surface area contributed by atoms with Crippen LogP contribution in [0.2, 0.25) is 0 Å². The summed E-state index contributed by atoms with van der Waals surface area (Å²) in [5, 5.41) is 22.2. The molecule has 32 heavy (non-hydrogen) atoms. The van der Waals surface area contributed by atoms with Crippen LogP contribution in [0.5, 0.6) is 11.5 Å². The van der Waals surface area contributed by atoms with E-state index in [1.165, 1.54) is 24.4 Å². The van der Waals surface area contributed by atoms with Crippen molar-refractivity contribution in [3.05, 3.63) is 60.2 Å². The van der Waals surface area contributed by atoms with E-state index in [0.29, 0.717) is 18.5 Å². The predicted molar refractivity (Wildman–Crippen MR) is 129 cm³/mol. The maximum Gasteiger partial charge on any atom is 0.240 e. The number of fused-ring (bicyclic) bond motifs is 1. The van der Waals surface area contributed by atoms with E-state index in [2.05, 4.69) is 28.5 Å². The fourth-order valence-electron chi connectivity index (χ4n) is 3.46. The van der Waals surface area contributed by atoms with Gasteiger partial charge in [0.15, 0.2) is 0 Å². The summed E-state index contributed by atoms with van der Waals surface area (Å²) in [6.45, 7) is 7.13. The highest BCUT2D eigenvalue weighted by atomic mass is 32.2. The molecule has 0 aliphatic rings. The summed E-state index contributed by atoms with van der Waals surface area (Å²) >= 11 is 0. The number of phenolic OH excluding ortho intramolecular Hbond substituents is 2. The van der Waals surface area contributed by atoms with Crippen molar-refractivity contribution in [3.8, 4) is 11.5 Å². The lowest BCUT2D eigenvalue weighted by Gasteiger charge is -2.17. The molecule has 3 rings (SSSR count). The number of rotatable bonds is 10. The molecule has 0 heterocycles. The predicted octanol–water partition coefficient (Wildman–Crippen LogP) is 4.01. The molecular formula is C24H29N3O4S. The number of nitrogens with zero attached hydrogens (tertiary/aromatic N) is 2. The first-order valence-electron chi connectivity index (χ1n) is 10.7. The number of aliphatic imine (C=N–C) groups is 1. The second kappa shape index (κ2) is 10.6. The Bertz CT molecular complexity index is 1210. The molecule has 7 nitrogen and oxygen atoms in total. The topological polar surface area (TPSA) is 102 Å². The molecule has 0 aromatic heterocycles. The molecule has 0 saturated heterocycles. The van der Waals surface area contributed by atoms with Gasteiger partial charge in [0.1, 0.15) is 17.2 Å². The molecule has 170 valence electrons. The Morgan fingerprint density at radius 2 is 1.72 bits per heavy atom. The molecule has 0 radical (unpaired) electrons. The molecule has 0 unspecified atom stereocenters. The standard InChI is InChI=1S/C24H29N3O4S/c1-3-27(4-2)15-7-14-26-32(30,31)19-11-13-24(29)22(16-19)25-17-21-20-9-6-5-8-18(20)10-12-23(21)28/h5-6,8-13,16-17,26,28-29H,3-4,7,14-15H2,1-2H3. The summed E-state index contributed by atoms with van der Waals surface area (Å²) in [6.07, 6.45) is 2.13. The lowest BCUT2D eigenvalue weighted by Crippen LogP contribution is -2.30. The molecule has 0 atom stereocenters. The minimum atomic E-state index is -3.74. The summed E-state index contributed by atoms with van der Waals surface area (Å²) in [5.74, 6) is -0.105. The number of phenols is 2. The Labute approximate surface area is 189 Å². The number of hydrogen-bond acceptors (Lipinski definition) is 6. The minimum Gasteiger partial charge on any atom is -0.507 e. The Morgan fingerprint density at radius 1 is 1.00 bits per heavy atom. The van der Waals surface area contributed by atoms with Crippen LogP contribution in [0.4, 0.5) is 5.69 Å². The third kappa shape index (κ3) is 5.64. The van der Waals surface area contributed by atoms with Gasteiger partial charge >= 0.3 is 0 Å². The molecule has 3 N–H and O–H groups in total. The molecule has 0 spiro atoms. The van der Waals surface area contributed by atoms with Gasteiger partial charge in [-0.05, 0) is 61.1 Å². The van der Waals surface area contributed by atoms with E-state index >= 15 is 0 Å². The van der Waals surface area contributed by atoms with Crippen LogP contribution in [0.25, 0.3) is 10.8 Å². The van der Waals surface area contributed by atoms with Crippen LogP contribution in [-0.2, 0) is 10.0 Å². The molecule has 0 amide bonds. The average molecular weight is 456 g/mol. The van der Waals surface area contributed by atoms with Gasteiger partial charge in [0.05, 0.1) is 4.90 Å². The number of nitrogens with one attached hydrogen (secondary N) is 1. The molecule has 0 aliphatic carbocycles. The maximum absolute atomic E-state index is 12.7. The van der Waals surface area contributed by atoms with Crippen LogP contribution in [0, 0.1) is 0 Å².